The van der Waals surface area contributed by atoms with Gasteiger partial charge in [0, 0.05) is 13.8 Å². The van der Waals surface area contributed by atoms with Crippen LogP contribution in [0.1, 0.15) is 74.1 Å². The summed E-state index contributed by atoms with van der Waals surface area (Å²) in [7, 11) is -0.196. The minimum atomic E-state index is -0.531. The Morgan fingerprint density at radius 2 is 1.65 bits per heavy atom. The number of carbonyl (C=O) groups is 2. The van der Waals surface area contributed by atoms with Crippen molar-refractivity contribution < 1.29 is 23.6 Å². The molecule has 0 aromatic heterocycles. The molecule has 0 unspecified atom stereocenters. The van der Waals surface area contributed by atoms with E-state index in [0.29, 0.717) is 5.92 Å². The summed E-state index contributed by atoms with van der Waals surface area (Å²) < 4.78 is 17.7. The van der Waals surface area contributed by atoms with Gasteiger partial charge >= 0.3 is 13.1 Å². The number of carbonyl (C=O) groups excluding carboxylic acids is 2. The summed E-state index contributed by atoms with van der Waals surface area (Å²) in [5.74, 6) is 0.0242. The third-order valence-electron chi connectivity index (χ3n) is 6.14. The highest BCUT2D eigenvalue weighted by Gasteiger charge is 2.51. The SMILES string of the molecule is CC(=O)N[C@@]1(C)C[C@H](CCB2OC(C)(C)C(C)(C)O2)CC[C@@H]1OC(C)=O. The lowest BCUT2D eigenvalue weighted by atomic mass is 9.70. The van der Waals surface area contributed by atoms with Gasteiger partial charge in [-0.25, -0.2) is 0 Å². The molecule has 1 heterocycles. The Morgan fingerprint density at radius 3 is 2.15 bits per heavy atom. The summed E-state index contributed by atoms with van der Waals surface area (Å²) in [6.07, 6.45) is 4.00. The third-order valence-corrected chi connectivity index (χ3v) is 6.14. The van der Waals surface area contributed by atoms with Crippen molar-refractivity contribution in [3.63, 3.8) is 0 Å². The Hall–Kier alpha value is -1.08. The number of nitrogens with one attached hydrogen (secondary N) is 1. The van der Waals surface area contributed by atoms with Crippen molar-refractivity contribution in [1.29, 1.82) is 0 Å². The van der Waals surface area contributed by atoms with Gasteiger partial charge in [0.15, 0.2) is 0 Å². The normalized spacial score (nSPS) is 33.0. The van der Waals surface area contributed by atoms with Gasteiger partial charge in [-0.2, -0.15) is 0 Å². The molecule has 1 saturated carbocycles. The number of hydrogen-bond donors (Lipinski definition) is 1. The van der Waals surface area contributed by atoms with Gasteiger partial charge in [0.25, 0.3) is 0 Å². The molecule has 148 valence electrons. The van der Waals surface area contributed by atoms with Crippen LogP contribution in [0.5, 0.6) is 0 Å². The van der Waals surface area contributed by atoms with Crippen molar-refractivity contribution in [3.8, 4) is 0 Å². The number of hydrogen-bond acceptors (Lipinski definition) is 5. The van der Waals surface area contributed by atoms with E-state index in [1.807, 2.05) is 6.92 Å². The van der Waals surface area contributed by atoms with Gasteiger partial charge in [-0.05, 0) is 66.1 Å². The Kier molecular flexibility index (Phi) is 6.13. The first-order valence-electron chi connectivity index (χ1n) is 9.66. The number of ether oxygens (including phenoxy) is 1. The van der Waals surface area contributed by atoms with Crippen LogP contribution < -0.4 is 5.32 Å². The monoisotopic (exact) mass is 367 g/mol. The first kappa shape index (κ1) is 21.2. The second-order valence-corrected chi connectivity index (χ2v) is 9.11. The van der Waals surface area contributed by atoms with Crippen LogP contribution in [0.2, 0.25) is 6.32 Å². The highest BCUT2D eigenvalue weighted by molar-refractivity contribution is 6.45. The molecule has 3 atom stereocenters. The van der Waals surface area contributed by atoms with E-state index in [1.165, 1.54) is 13.8 Å². The van der Waals surface area contributed by atoms with E-state index in [1.54, 1.807) is 0 Å². The van der Waals surface area contributed by atoms with Gasteiger partial charge in [0.05, 0.1) is 16.7 Å². The predicted molar refractivity (Wildman–Crippen MR) is 101 cm³/mol. The molecule has 7 heteroatoms. The summed E-state index contributed by atoms with van der Waals surface area (Å²) in [4.78, 5) is 23.1. The number of amides is 1. The zero-order chi connectivity index (χ0) is 19.8. The Morgan fingerprint density at radius 1 is 1.08 bits per heavy atom. The van der Waals surface area contributed by atoms with E-state index < -0.39 is 5.54 Å². The van der Waals surface area contributed by atoms with Gasteiger partial charge in [-0.15, -0.1) is 0 Å². The van der Waals surface area contributed by atoms with Crippen molar-refractivity contribution >= 4 is 19.0 Å². The molecule has 26 heavy (non-hydrogen) atoms. The minimum absolute atomic E-state index is 0.101. The van der Waals surface area contributed by atoms with Gasteiger partial charge in [0.1, 0.15) is 6.10 Å². The second-order valence-electron chi connectivity index (χ2n) is 9.11. The first-order valence-corrected chi connectivity index (χ1v) is 9.66. The van der Waals surface area contributed by atoms with E-state index in [0.717, 1.165) is 32.0 Å². The maximum atomic E-state index is 11.7. The predicted octanol–water partition coefficient (Wildman–Crippen LogP) is 3.10. The van der Waals surface area contributed by atoms with Crippen LogP contribution in [-0.4, -0.2) is 41.8 Å². The number of rotatable bonds is 5. The molecule has 0 aromatic carbocycles. The molecule has 1 N–H and O–H groups in total. The lowest BCUT2D eigenvalue weighted by molar-refractivity contribution is -0.155. The summed E-state index contributed by atoms with van der Waals surface area (Å²) in [6, 6.07) is 0. The van der Waals surface area contributed by atoms with E-state index in [4.69, 9.17) is 14.0 Å². The molecule has 0 spiro atoms. The molecule has 2 rings (SSSR count). The molecule has 0 aromatic rings. The van der Waals surface area contributed by atoms with Crippen LogP contribution in [0.4, 0.5) is 0 Å². The zero-order valence-corrected chi connectivity index (χ0v) is 17.3. The van der Waals surface area contributed by atoms with Gasteiger partial charge < -0.3 is 19.4 Å². The van der Waals surface area contributed by atoms with Crippen LogP contribution in [0, 0.1) is 5.92 Å². The molecule has 1 aliphatic heterocycles. The Balaban J connectivity index is 1.95. The van der Waals surface area contributed by atoms with Crippen molar-refractivity contribution in [2.75, 3.05) is 0 Å². The van der Waals surface area contributed by atoms with Crippen LogP contribution in [-0.2, 0) is 23.6 Å². The smallest absolute Gasteiger partial charge is 0.457 e. The minimum Gasteiger partial charge on any atom is -0.460 e. The van der Waals surface area contributed by atoms with Gasteiger partial charge in [0.2, 0.25) is 5.91 Å². The molecular weight excluding hydrogens is 333 g/mol. The molecule has 2 fully saturated rings. The molecular formula is C19H34BNO5. The molecule has 6 nitrogen and oxygen atoms in total. The maximum absolute atomic E-state index is 11.7. The second kappa shape index (κ2) is 7.51. The average molecular weight is 367 g/mol. The lowest BCUT2D eigenvalue weighted by Gasteiger charge is -2.44. The fourth-order valence-corrected chi connectivity index (χ4v) is 4.16. The van der Waals surface area contributed by atoms with Crippen molar-refractivity contribution in [1.82, 2.24) is 5.32 Å². The van der Waals surface area contributed by atoms with E-state index in [-0.39, 0.29) is 36.3 Å². The summed E-state index contributed by atoms with van der Waals surface area (Å²) >= 11 is 0. The molecule has 2 aliphatic rings. The zero-order valence-electron chi connectivity index (χ0n) is 17.3. The van der Waals surface area contributed by atoms with Crippen LogP contribution >= 0.6 is 0 Å². The largest absolute Gasteiger partial charge is 0.460 e. The standard InChI is InChI=1S/C19H34BNO5/c1-13(22)21-19(7)12-15(8-9-16(19)24-14(2)23)10-11-20-25-17(3,4)18(5,6)26-20/h15-16H,8-12H2,1-7H3,(H,21,22)/t15-,16-,19-/m0/s1. The van der Waals surface area contributed by atoms with Crippen molar-refractivity contribution in [3.05, 3.63) is 0 Å². The maximum Gasteiger partial charge on any atom is 0.457 e. The Bertz CT molecular complexity index is 534. The summed E-state index contributed by atoms with van der Waals surface area (Å²) in [5, 5.41) is 3.02. The molecule has 1 amide bonds. The highest BCUT2D eigenvalue weighted by Crippen LogP contribution is 2.41. The summed E-state index contributed by atoms with van der Waals surface area (Å²) in [6.45, 7) is 13.1. The molecule has 1 aliphatic carbocycles. The summed E-state index contributed by atoms with van der Waals surface area (Å²) in [5.41, 5.74) is -1.15. The molecule has 0 bridgehead atoms. The van der Waals surface area contributed by atoms with Crippen LogP contribution in [0.25, 0.3) is 0 Å². The lowest BCUT2D eigenvalue weighted by Crippen LogP contribution is -2.58. The van der Waals surface area contributed by atoms with Crippen molar-refractivity contribution in [2.24, 2.45) is 5.92 Å². The van der Waals surface area contributed by atoms with Crippen molar-refractivity contribution in [2.45, 2.75) is 103 Å². The fraction of sp³-hybridized carbons (Fsp3) is 0.895. The van der Waals surface area contributed by atoms with Crippen LogP contribution in [0.3, 0.4) is 0 Å². The Labute approximate surface area is 157 Å². The molecule has 0 radical (unpaired) electrons. The quantitative estimate of drug-likeness (QED) is 0.597. The third kappa shape index (κ3) is 4.80. The number of esters is 1. The van der Waals surface area contributed by atoms with E-state index in [2.05, 4.69) is 33.0 Å². The van der Waals surface area contributed by atoms with Gasteiger partial charge in [-0.3, -0.25) is 9.59 Å². The topological polar surface area (TPSA) is 73.9 Å². The van der Waals surface area contributed by atoms with Crippen LogP contribution in [0.15, 0.2) is 0 Å². The van der Waals surface area contributed by atoms with E-state index >= 15 is 0 Å². The van der Waals surface area contributed by atoms with Gasteiger partial charge in [-0.1, -0.05) is 6.42 Å². The molecule has 1 saturated heterocycles. The first-order chi connectivity index (χ1) is 11.8. The average Bonchev–Trinajstić information content (AvgIpc) is 2.66. The fourth-order valence-electron chi connectivity index (χ4n) is 4.16. The van der Waals surface area contributed by atoms with E-state index in [9.17, 15) is 9.59 Å². The highest BCUT2D eigenvalue weighted by atomic mass is 16.7.